The number of carboxylic acid groups (broad SMARTS) is 2. The number of esters is 1. The normalized spacial score (nSPS) is 10.4. The first-order valence-corrected chi connectivity index (χ1v) is 11.4. The third-order valence-electron chi connectivity index (χ3n) is 4.79. The van der Waals surface area contributed by atoms with Crippen molar-refractivity contribution in [3.63, 3.8) is 0 Å². The van der Waals surface area contributed by atoms with Gasteiger partial charge in [0, 0.05) is 40.9 Å². The first-order valence-electron chi connectivity index (χ1n) is 10.6. The van der Waals surface area contributed by atoms with E-state index in [0.717, 1.165) is 0 Å². The highest BCUT2D eigenvalue weighted by atomic mass is 35.5. The van der Waals surface area contributed by atoms with Crippen molar-refractivity contribution in [1.29, 1.82) is 0 Å². The lowest BCUT2D eigenvalue weighted by molar-refractivity contribution is -0.131. The number of phenols is 1. The Kier molecular flexibility index (Phi) is 9.00. The van der Waals surface area contributed by atoms with Gasteiger partial charge in [-0.05, 0) is 60.7 Å². The maximum absolute atomic E-state index is 11.0. The monoisotopic (exact) mass is 546 g/mol. The average Bonchev–Trinajstić information content (AvgIpc) is 3.48. The highest BCUT2D eigenvalue weighted by molar-refractivity contribution is 6.31. The Morgan fingerprint density at radius 1 is 0.757 bits per heavy atom. The van der Waals surface area contributed by atoms with Crippen LogP contribution in [0.1, 0.15) is 50.7 Å². The van der Waals surface area contributed by atoms with Crippen LogP contribution in [-0.4, -0.2) is 33.2 Å². The maximum Gasteiger partial charge on any atom is 0.371 e. The van der Waals surface area contributed by atoms with Crippen molar-refractivity contribution in [2.45, 2.75) is 19.8 Å². The van der Waals surface area contributed by atoms with Gasteiger partial charge in [-0.2, -0.15) is 0 Å². The van der Waals surface area contributed by atoms with Crippen molar-refractivity contribution in [1.82, 2.24) is 0 Å². The second-order valence-corrected chi connectivity index (χ2v) is 8.49. The minimum absolute atomic E-state index is 0.0997. The third kappa shape index (κ3) is 7.89. The molecule has 0 atom stereocenters. The van der Waals surface area contributed by atoms with Gasteiger partial charge >= 0.3 is 17.9 Å². The van der Waals surface area contributed by atoms with E-state index in [1.54, 1.807) is 42.5 Å². The first-order chi connectivity index (χ1) is 17.5. The Bertz CT molecular complexity index is 1440. The predicted octanol–water partition coefficient (Wildman–Crippen LogP) is 6.07. The lowest BCUT2D eigenvalue weighted by atomic mass is 10.1. The standard InChI is InChI=1S/C14H11ClO5.C12H9ClO4/c1-8(16)19-12-4-2-10(15)6-9(12)7-11-3-5-13(20-11)14(17)18;13-8-1-3-10(14)7(5-8)6-9-2-4-11(17-9)12(15)16/h2-6H,7H2,1H3,(H,17,18);1-5,14H,6H2,(H,15,16). The van der Waals surface area contributed by atoms with Gasteiger partial charge in [0.1, 0.15) is 23.0 Å². The van der Waals surface area contributed by atoms with Gasteiger partial charge in [-0.25, -0.2) is 9.59 Å². The van der Waals surface area contributed by atoms with E-state index in [0.29, 0.717) is 44.9 Å². The number of aromatic carboxylic acids is 2. The highest BCUT2D eigenvalue weighted by Crippen LogP contribution is 2.27. The first kappa shape index (κ1) is 27.4. The van der Waals surface area contributed by atoms with E-state index >= 15 is 0 Å². The lowest BCUT2D eigenvalue weighted by Crippen LogP contribution is -2.04. The lowest BCUT2D eigenvalue weighted by Gasteiger charge is -2.08. The Balaban J connectivity index is 0.000000208. The molecular weight excluding hydrogens is 527 g/mol. The largest absolute Gasteiger partial charge is 0.508 e. The van der Waals surface area contributed by atoms with Gasteiger partial charge in [0.15, 0.2) is 0 Å². The Morgan fingerprint density at radius 2 is 1.24 bits per heavy atom. The second-order valence-electron chi connectivity index (χ2n) is 7.61. The molecule has 2 aromatic heterocycles. The molecule has 9 nitrogen and oxygen atoms in total. The van der Waals surface area contributed by atoms with E-state index in [1.165, 1.54) is 25.1 Å². The number of halogens is 2. The van der Waals surface area contributed by atoms with Crippen molar-refractivity contribution in [2.75, 3.05) is 0 Å². The molecule has 0 aliphatic heterocycles. The summed E-state index contributed by atoms with van der Waals surface area (Å²) in [5.41, 5.74) is 1.22. The molecule has 11 heteroatoms. The van der Waals surface area contributed by atoms with Gasteiger partial charge in [-0.3, -0.25) is 4.79 Å². The number of aromatic hydroxyl groups is 1. The number of furan rings is 2. The average molecular weight is 547 g/mol. The zero-order chi connectivity index (χ0) is 27.1. The molecule has 192 valence electrons. The molecule has 0 unspecified atom stereocenters. The van der Waals surface area contributed by atoms with Crippen LogP contribution < -0.4 is 4.74 Å². The van der Waals surface area contributed by atoms with Gasteiger partial charge in [0.2, 0.25) is 11.5 Å². The van der Waals surface area contributed by atoms with Crippen LogP contribution in [0.15, 0.2) is 69.5 Å². The van der Waals surface area contributed by atoms with Crippen molar-refractivity contribution in [3.05, 3.63) is 105 Å². The van der Waals surface area contributed by atoms with Crippen LogP contribution in [-0.2, 0) is 17.6 Å². The van der Waals surface area contributed by atoms with E-state index in [4.69, 9.17) is 47.0 Å². The smallest absolute Gasteiger partial charge is 0.371 e. The molecule has 0 bridgehead atoms. The Hall–Kier alpha value is -4.21. The highest BCUT2D eigenvalue weighted by Gasteiger charge is 2.14. The summed E-state index contributed by atoms with van der Waals surface area (Å²) in [6, 6.07) is 15.4. The topological polar surface area (TPSA) is 147 Å². The molecule has 0 spiro atoms. The fourth-order valence-electron chi connectivity index (χ4n) is 3.19. The van der Waals surface area contributed by atoms with Crippen LogP contribution in [0.5, 0.6) is 11.5 Å². The quantitative estimate of drug-likeness (QED) is 0.185. The van der Waals surface area contributed by atoms with Crippen molar-refractivity contribution >= 4 is 41.1 Å². The number of carbonyl (C=O) groups excluding carboxylic acids is 1. The van der Waals surface area contributed by atoms with Crippen LogP contribution >= 0.6 is 23.2 Å². The summed E-state index contributed by atoms with van der Waals surface area (Å²) < 4.78 is 15.3. The number of hydrogen-bond donors (Lipinski definition) is 3. The van der Waals surface area contributed by atoms with Crippen molar-refractivity contribution in [3.8, 4) is 11.5 Å². The molecule has 2 aromatic carbocycles. The fourth-order valence-corrected chi connectivity index (χ4v) is 3.58. The van der Waals surface area contributed by atoms with Gasteiger partial charge < -0.3 is 28.9 Å². The minimum Gasteiger partial charge on any atom is -0.508 e. The van der Waals surface area contributed by atoms with Crippen LogP contribution in [0.2, 0.25) is 10.0 Å². The van der Waals surface area contributed by atoms with Crippen molar-refractivity contribution in [2.24, 2.45) is 0 Å². The minimum atomic E-state index is -1.14. The summed E-state index contributed by atoms with van der Waals surface area (Å²) in [6.45, 7) is 1.30. The van der Waals surface area contributed by atoms with E-state index in [1.807, 2.05) is 0 Å². The number of hydrogen-bond acceptors (Lipinski definition) is 7. The fraction of sp³-hybridized carbons (Fsp3) is 0.115. The summed E-state index contributed by atoms with van der Waals surface area (Å²) >= 11 is 11.7. The SMILES string of the molecule is CC(=O)Oc1ccc(Cl)cc1Cc1ccc(C(=O)O)o1.O=C(O)c1ccc(Cc2cc(Cl)ccc2O)o1. The molecule has 0 saturated carbocycles. The van der Waals surface area contributed by atoms with Crippen LogP contribution in [0.3, 0.4) is 0 Å². The number of ether oxygens (including phenoxy) is 1. The van der Waals surface area contributed by atoms with Crippen LogP contribution in [0.4, 0.5) is 0 Å². The molecule has 0 saturated heterocycles. The molecule has 0 fully saturated rings. The summed E-state index contributed by atoms with van der Waals surface area (Å²) in [6.07, 6.45) is 0.566. The molecule has 2 heterocycles. The molecule has 4 aromatic rings. The Labute approximate surface area is 220 Å². The molecule has 0 aliphatic carbocycles. The second kappa shape index (κ2) is 12.2. The van der Waals surface area contributed by atoms with E-state index < -0.39 is 17.9 Å². The number of phenolic OH excluding ortho intramolecular Hbond substituents is 1. The van der Waals surface area contributed by atoms with E-state index in [2.05, 4.69) is 0 Å². The van der Waals surface area contributed by atoms with Crippen LogP contribution in [0, 0.1) is 0 Å². The summed E-state index contributed by atoms with van der Waals surface area (Å²) in [4.78, 5) is 32.4. The zero-order valence-corrected chi connectivity index (χ0v) is 20.7. The molecule has 3 N–H and O–H groups in total. The summed E-state index contributed by atoms with van der Waals surface area (Å²) in [5.74, 6) is -1.60. The summed E-state index contributed by atoms with van der Waals surface area (Å²) in [5, 5.41) is 28.1. The number of carbonyl (C=O) groups is 3. The third-order valence-corrected chi connectivity index (χ3v) is 5.26. The summed E-state index contributed by atoms with van der Waals surface area (Å²) in [7, 11) is 0. The Morgan fingerprint density at radius 3 is 1.73 bits per heavy atom. The molecule has 0 amide bonds. The van der Waals surface area contributed by atoms with E-state index in [-0.39, 0.29) is 23.7 Å². The van der Waals surface area contributed by atoms with Gasteiger partial charge in [-0.1, -0.05) is 23.2 Å². The molecular formula is C26H20Cl2O9. The van der Waals surface area contributed by atoms with Gasteiger partial charge in [0.05, 0.1) is 0 Å². The maximum atomic E-state index is 11.0. The van der Waals surface area contributed by atoms with Gasteiger partial charge in [-0.15, -0.1) is 0 Å². The molecule has 4 rings (SSSR count). The number of carboxylic acids is 2. The number of benzene rings is 2. The molecule has 0 radical (unpaired) electrons. The van der Waals surface area contributed by atoms with Crippen molar-refractivity contribution < 1.29 is 43.3 Å². The van der Waals surface area contributed by atoms with Gasteiger partial charge in [0.25, 0.3) is 0 Å². The molecule has 37 heavy (non-hydrogen) atoms. The van der Waals surface area contributed by atoms with E-state index in [9.17, 15) is 19.5 Å². The predicted molar refractivity (Wildman–Crippen MR) is 133 cm³/mol. The zero-order valence-electron chi connectivity index (χ0n) is 19.2. The molecule has 0 aliphatic rings. The number of rotatable bonds is 7. The van der Waals surface area contributed by atoms with Crippen LogP contribution in [0.25, 0.3) is 0 Å².